The summed E-state index contributed by atoms with van der Waals surface area (Å²) >= 11 is 5.90. The molecule has 0 fully saturated rings. The van der Waals surface area contributed by atoms with Crippen LogP contribution in [0.25, 0.3) is 0 Å². The van der Waals surface area contributed by atoms with Gasteiger partial charge in [0.25, 0.3) is 0 Å². The van der Waals surface area contributed by atoms with Gasteiger partial charge in [-0.15, -0.1) is 0 Å². The van der Waals surface area contributed by atoms with E-state index in [0.29, 0.717) is 10.7 Å². The van der Waals surface area contributed by atoms with E-state index < -0.39 is 15.9 Å². The molecule has 0 heterocycles. The lowest BCUT2D eigenvalue weighted by atomic mass is 10.1. The number of carbonyl (C=O) groups is 1. The molecule has 1 amide bonds. The van der Waals surface area contributed by atoms with E-state index in [1.807, 2.05) is 56.3 Å². The van der Waals surface area contributed by atoms with E-state index in [1.165, 1.54) is 28.6 Å². The number of nitrogens with one attached hydrogen (secondary N) is 1. The highest BCUT2D eigenvalue weighted by Crippen LogP contribution is 2.21. The van der Waals surface area contributed by atoms with Crippen molar-refractivity contribution in [2.75, 3.05) is 11.9 Å². The van der Waals surface area contributed by atoms with Crippen LogP contribution in [-0.4, -0.2) is 25.2 Å². The minimum atomic E-state index is -3.91. The fourth-order valence-corrected chi connectivity index (χ4v) is 4.45. The first-order valence-corrected chi connectivity index (χ1v) is 11.2. The average molecular weight is 443 g/mol. The van der Waals surface area contributed by atoms with Crippen LogP contribution in [0.5, 0.6) is 0 Å². The summed E-state index contributed by atoms with van der Waals surface area (Å²) in [6.45, 7) is 3.60. The second-order valence-corrected chi connectivity index (χ2v) is 9.45. The van der Waals surface area contributed by atoms with Crippen molar-refractivity contribution in [2.24, 2.45) is 0 Å². The quantitative estimate of drug-likeness (QED) is 0.572. The predicted octanol–water partition coefficient (Wildman–Crippen LogP) is 4.79. The number of amides is 1. The standard InChI is InChI=1S/C23H23ClN2O3S/c1-17-7-9-19(10-8-17)15-26(30(28,29)21-13-11-20(24)12-14-21)16-23(27)25-22-6-4-3-5-18(22)2/h3-14H,15-16H2,1-2H3,(H,25,27). The average Bonchev–Trinajstić information content (AvgIpc) is 2.71. The van der Waals surface area contributed by atoms with Crippen LogP contribution < -0.4 is 5.32 Å². The Morgan fingerprint density at radius 2 is 1.57 bits per heavy atom. The molecule has 0 spiro atoms. The molecule has 0 saturated heterocycles. The molecular weight excluding hydrogens is 420 g/mol. The van der Waals surface area contributed by atoms with Crippen LogP contribution in [0.2, 0.25) is 5.02 Å². The van der Waals surface area contributed by atoms with Gasteiger partial charge in [0.1, 0.15) is 0 Å². The molecule has 0 aliphatic carbocycles. The van der Waals surface area contributed by atoms with Gasteiger partial charge in [-0.25, -0.2) is 8.42 Å². The van der Waals surface area contributed by atoms with E-state index in [-0.39, 0.29) is 18.0 Å². The van der Waals surface area contributed by atoms with E-state index >= 15 is 0 Å². The maximum Gasteiger partial charge on any atom is 0.243 e. The highest BCUT2D eigenvalue weighted by atomic mass is 35.5. The van der Waals surface area contributed by atoms with Crippen molar-refractivity contribution in [3.8, 4) is 0 Å². The third-order valence-corrected chi connectivity index (χ3v) is 6.73. The van der Waals surface area contributed by atoms with E-state index in [4.69, 9.17) is 11.6 Å². The number of nitrogens with zero attached hydrogens (tertiary/aromatic N) is 1. The monoisotopic (exact) mass is 442 g/mol. The lowest BCUT2D eigenvalue weighted by molar-refractivity contribution is -0.116. The minimum absolute atomic E-state index is 0.0758. The molecule has 30 heavy (non-hydrogen) atoms. The van der Waals surface area contributed by atoms with E-state index in [1.54, 1.807) is 6.07 Å². The van der Waals surface area contributed by atoms with Crippen LogP contribution in [-0.2, 0) is 21.4 Å². The number of benzene rings is 3. The van der Waals surface area contributed by atoms with Crippen LogP contribution in [0.4, 0.5) is 5.69 Å². The number of hydrogen-bond acceptors (Lipinski definition) is 3. The molecule has 156 valence electrons. The first-order valence-electron chi connectivity index (χ1n) is 9.42. The molecule has 0 aromatic heterocycles. The van der Waals surface area contributed by atoms with Crippen LogP contribution in [0.1, 0.15) is 16.7 Å². The van der Waals surface area contributed by atoms with Crippen molar-refractivity contribution in [1.82, 2.24) is 4.31 Å². The second kappa shape index (κ2) is 9.43. The summed E-state index contributed by atoms with van der Waals surface area (Å²) in [6.07, 6.45) is 0. The zero-order valence-electron chi connectivity index (χ0n) is 16.8. The van der Waals surface area contributed by atoms with Crippen LogP contribution in [0, 0.1) is 13.8 Å². The molecule has 3 rings (SSSR count). The fourth-order valence-electron chi connectivity index (χ4n) is 2.94. The number of sulfonamides is 1. The predicted molar refractivity (Wildman–Crippen MR) is 120 cm³/mol. The molecule has 0 saturated carbocycles. The summed E-state index contributed by atoms with van der Waals surface area (Å²) in [5.41, 5.74) is 3.42. The van der Waals surface area contributed by atoms with Crippen LogP contribution in [0.15, 0.2) is 77.7 Å². The van der Waals surface area contributed by atoms with Gasteiger partial charge in [0.2, 0.25) is 15.9 Å². The molecule has 3 aromatic rings. The molecular formula is C23H23ClN2O3S. The number of carbonyl (C=O) groups excluding carboxylic acids is 1. The smallest absolute Gasteiger partial charge is 0.243 e. The Hall–Kier alpha value is -2.67. The first kappa shape index (κ1) is 22.0. The van der Waals surface area contributed by atoms with Crippen molar-refractivity contribution < 1.29 is 13.2 Å². The van der Waals surface area contributed by atoms with Crippen molar-refractivity contribution >= 4 is 33.2 Å². The Balaban J connectivity index is 1.88. The Kier molecular flexibility index (Phi) is 6.92. The summed E-state index contributed by atoms with van der Waals surface area (Å²) in [5.74, 6) is -0.408. The molecule has 5 nitrogen and oxygen atoms in total. The van der Waals surface area contributed by atoms with Gasteiger partial charge >= 0.3 is 0 Å². The summed E-state index contributed by atoms with van der Waals surface area (Å²) in [7, 11) is -3.91. The molecule has 7 heteroatoms. The fraction of sp³-hybridized carbons (Fsp3) is 0.174. The van der Waals surface area contributed by atoms with Gasteiger partial charge in [-0.2, -0.15) is 4.31 Å². The Labute approximate surface area is 182 Å². The number of anilines is 1. The SMILES string of the molecule is Cc1ccc(CN(CC(=O)Nc2ccccc2C)S(=O)(=O)c2ccc(Cl)cc2)cc1. The van der Waals surface area contributed by atoms with Crippen molar-refractivity contribution in [3.63, 3.8) is 0 Å². The number of rotatable bonds is 7. The Morgan fingerprint density at radius 1 is 0.933 bits per heavy atom. The maximum atomic E-state index is 13.3. The normalized spacial score (nSPS) is 11.5. The molecule has 0 atom stereocenters. The molecule has 3 aromatic carbocycles. The van der Waals surface area contributed by atoms with Gasteiger partial charge in [0, 0.05) is 17.3 Å². The summed E-state index contributed by atoms with van der Waals surface area (Å²) in [6, 6.07) is 20.8. The van der Waals surface area contributed by atoms with Gasteiger partial charge in [-0.05, 0) is 55.3 Å². The number of hydrogen-bond donors (Lipinski definition) is 1. The lowest BCUT2D eigenvalue weighted by Crippen LogP contribution is -2.37. The van der Waals surface area contributed by atoms with Gasteiger partial charge in [0.05, 0.1) is 11.4 Å². The maximum absolute atomic E-state index is 13.3. The summed E-state index contributed by atoms with van der Waals surface area (Å²) in [5, 5.41) is 3.24. The molecule has 0 aliphatic rings. The Bertz CT molecular complexity index is 1130. The molecule has 0 aliphatic heterocycles. The number of halogens is 1. The van der Waals surface area contributed by atoms with Crippen LogP contribution >= 0.6 is 11.6 Å². The number of para-hydroxylation sites is 1. The van der Waals surface area contributed by atoms with E-state index in [2.05, 4.69) is 5.32 Å². The van der Waals surface area contributed by atoms with Gasteiger partial charge in [0.15, 0.2) is 0 Å². The number of aryl methyl sites for hydroxylation is 2. The second-order valence-electron chi connectivity index (χ2n) is 7.08. The largest absolute Gasteiger partial charge is 0.325 e. The highest BCUT2D eigenvalue weighted by molar-refractivity contribution is 7.89. The summed E-state index contributed by atoms with van der Waals surface area (Å²) in [4.78, 5) is 12.8. The Morgan fingerprint density at radius 3 is 2.20 bits per heavy atom. The molecule has 1 N–H and O–H groups in total. The van der Waals surface area contributed by atoms with Crippen molar-refractivity contribution in [1.29, 1.82) is 0 Å². The lowest BCUT2D eigenvalue weighted by Gasteiger charge is -2.22. The van der Waals surface area contributed by atoms with Gasteiger partial charge < -0.3 is 5.32 Å². The molecule has 0 bridgehead atoms. The van der Waals surface area contributed by atoms with Crippen molar-refractivity contribution in [3.05, 3.63) is 94.5 Å². The minimum Gasteiger partial charge on any atom is -0.325 e. The summed E-state index contributed by atoms with van der Waals surface area (Å²) < 4.78 is 27.7. The molecule has 0 unspecified atom stereocenters. The van der Waals surface area contributed by atoms with Gasteiger partial charge in [-0.3, -0.25) is 4.79 Å². The van der Waals surface area contributed by atoms with E-state index in [9.17, 15) is 13.2 Å². The van der Waals surface area contributed by atoms with Crippen LogP contribution in [0.3, 0.4) is 0 Å². The van der Waals surface area contributed by atoms with Crippen molar-refractivity contribution in [2.45, 2.75) is 25.3 Å². The van der Waals surface area contributed by atoms with E-state index in [0.717, 1.165) is 16.7 Å². The topological polar surface area (TPSA) is 66.5 Å². The molecule has 0 radical (unpaired) electrons. The highest BCUT2D eigenvalue weighted by Gasteiger charge is 2.27. The first-order chi connectivity index (χ1) is 14.3. The van der Waals surface area contributed by atoms with Gasteiger partial charge in [-0.1, -0.05) is 59.6 Å². The third kappa shape index (κ3) is 5.48. The third-order valence-electron chi connectivity index (χ3n) is 4.67. The zero-order valence-corrected chi connectivity index (χ0v) is 18.4. The zero-order chi connectivity index (χ0) is 21.7.